The summed E-state index contributed by atoms with van der Waals surface area (Å²) in [5.74, 6) is -0.661. The van der Waals surface area contributed by atoms with Crippen molar-refractivity contribution in [3.63, 3.8) is 0 Å². The van der Waals surface area contributed by atoms with Crippen LogP contribution in [-0.4, -0.2) is 18.5 Å². The smallest absolute Gasteiger partial charge is 0.251 e. The van der Waals surface area contributed by atoms with Crippen molar-refractivity contribution < 1.29 is 9.18 Å². The van der Waals surface area contributed by atoms with Crippen LogP contribution in [0.5, 0.6) is 0 Å². The lowest BCUT2D eigenvalue weighted by molar-refractivity contribution is 0.0935. The highest BCUT2D eigenvalue weighted by Gasteiger charge is 2.14. The zero-order chi connectivity index (χ0) is 12.8. The van der Waals surface area contributed by atoms with Gasteiger partial charge in [0.05, 0.1) is 0 Å². The molecule has 1 amide bonds. The van der Waals surface area contributed by atoms with Gasteiger partial charge in [0.25, 0.3) is 5.91 Å². The van der Waals surface area contributed by atoms with Crippen molar-refractivity contribution in [2.75, 3.05) is 6.54 Å². The fraction of sp³-hybridized carbons (Fsp3) is 0.462. The third kappa shape index (κ3) is 3.82. The van der Waals surface area contributed by atoms with E-state index in [0.29, 0.717) is 12.1 Å². The largest absolute Gasteiger partial charge is 0.348 e. The van der Waals surface area contributed by atoms with Gasteiger partial charge in [0.2, 0.25) is 0 Å². The van der Waals surface area contributed by atoms with Gasteiger partial charge in [-0.2, -0.15) is 0 Å². The van der Waals surface area contributed by atoms with Gasteiger partial charge in [0, 0.05) is 18.2 Å². The summed E-state index contributed by atoms with van der Waals surface area (Å²) in [7, 11) is 0. The monoisotopic (exact) mass is 238 g/mol. The van der Waals surface area contributed by atoms with E-state index in [1.165, 1.54) is 12.1 Å². The van der Waals surface area contributed by atoms with E-state index in [9.17, 15) is 9.18 Å². The number of aryl methyl sites for hydroxylation is 1. The summed E-state index contributed by atoms with van der Waals surface area (Å²) in [4.78, 5) is 11.9. The van der Waals surface area contributed by atoms with Crippen molar-refractivity contribution in [3.05, 3.63) is 35.1 Å². The molecule has 0 radical (unpaired) electrons. The molecule has 0 aliphatic rings. The van der Waals surface area contributed by atoms with E-state index < -0.39 is 5.82 Å². The van der Waals surface area contributed by atoms with Crippen LogP contribution in [0.3, 0.4) is 0 Å². The van der Waals surface area contributed by atoms with Gasteiger partial charge in [-0.25, -0.2) is 4.39 Å². The quantitative estimate of drug-likeness (QED) is 0.824. The molecule has 1 aromatic carbocycles. The number of halogens is 1. The predicted octanol–water partition coefficient (Wildman–Crippen LogP) is 1.99. The maximum atomic E-state index is 13.1. The second-order valence-corrected chi connectivity index (χ2v) is 4.15. The van der Waals surface area contributed by atoms with Gasteiger partial charge in [-0.1, -0.05) is 19.4 Å². The van der Waals surface area contributed by atoms with Crippen LogP contribution in [-0.2, 0) is 0 Å². The Bertz CT molecular complexity index is 393. The molecule has 0 saturated carbocycles. The molecule has 1 rings (SSSR count). The summed E-state index contributed by atoms with van der Waals surface area (Å²) in [6.45, 7) is 4.21. The lowest BCUT2D eigenvalue weighted by Crippen LogP contribution is -2.40. The lowest BCUT2D eigenvalue weighted by atomic mass is 10.1. The fourth-order valence-corrected chi connectivity index (χ4v) is 1.70. The van der Waals surface area contributed by atoms with Crippen LogP contribution in [0.2, 0.25) is 0 Å². The summed E-state index contributed by atoms with van der Waals surface area (Å²) in [5.41, 5.74) is 6.70. The van der Waals surface area contributed by atoms with Crippen LogP contribution >= 0.6 is 0 Å². The zero-order valence-corrected chi connectivity index (χ0v) is 10.3. The molecule has 17 heavy (non-hydrogen) atoms. The Labute approximate surface area is 101 Å². The van der Waals surface area contributed by atoms with Gasteiger partial charge in [-0.15, -0.1) is 0 Å². The summed E-state index contributed by atoms with van der Waals surface area (Å²) >= 11 is 0. The normalized spacial score (nSPS) is 12.2. The molecule has 1 atom stereocenters. The molecule has 0 aromatic heterocycles. The third-order valence-corrected chi connectivity index (χ3v) is 2.70. The van der Waals surface area contributed by atoms with Gasteiger partial charge in [0.15, 0.2) is 0 Å². The van der Waals surface area contributed by atoms with E-state index in [4.69, 9.17) is 5.73 Å². The summed E-state index contributed by atoms with van der Waals surface area (Å²) in [6, 6.07) is 4.15. The van der Waals surface area contributed by atoms with Gasteiger partial charge in [-0.3, -0.25) is 4.79 Å². The van der Waals surface area contributed by atoms with Crippen LogP contribution in [0.15, 0.2) is 18.2 Å². The van der Waals surface area contributed by atoms with E-state index in [1.54, 1.807) is 13.0 Å². The fourth-order valence-electron chi connectivity index (χ4n) is 1.70. The average Bonchev–Trinajstić information content (AvgIpc) is 2.31. The van der Waals surface area contributed by atoms with Crippen molar-refractivity contribution in [1.29, 1.82) is 0 Å². The molecule has 1 unspecified atom stereocenters. The van der Waals surface area contributed by atoms with Crippen molar-refractivity contribution in [3.8, 4) is 0 Å². The Morgan fingerprint density at radius 3 is 2.82 bits per heavy atom. The number of benzene rings is 1. The number of hydrogen-bond donors (Lipinski definition) is 2. The Morgan fingerprint density at radius 1 is 1.53 bits per heavy atom. The minimum Gasteiger partial charge on any atom is -0.348 e. The van der Waals surface area contributed by atoms with Crippen LogP contribution in [0, 0.1) is 12.7 Å². The number of nitrogens with two attached hydrogens (primary N) is 1. The molecule has 3 nitrogen and oxygen atoms in total. The number of carbonyl (C=O) groups is 1. The van der Waals surface area contributed by atoms with E-state index >= 15 is 0 Å². The maximum absolute atomic E-state index is 13.1. The van der Waals surface area contributed by atoms with E-state index in [0.717, 1.165) is 18.4 Å². The topological polar surface area (TPSA) is 55.1 Å². The molecule has 0 fully saturated rings. The summed E-state index contributed by atoms with van der Waals surface area (Å²) in [6.07, 6.45) is 1.78. The first-order valence-corrected chi connectivity index (χ1v) is 5.85. The molecule has 0 saturated heterocycles. The predicted molar refractivity (Wildman–Crippen MR) is 66.4 cm³/mol. The number of amides is 1. The summed E-state index contributed by atoms with van der Waals surface area (Å²) < 4.78 is 13.1. The van der Waals surface area contributed by atoms with Crippen molar-refractivity contribution >= 4 is 5.91 Å². The molecule has 4 heteroatoms. The molecule has 0 aliphatic carbocycles. The Morgan fingerprint density at radius 2 is 2.24 bits per heavy atom. The first-order valence-electron chi connectivity index (χ1n) is 5.85. The van der Waals surface area contributed by atoms with E-state index in [-0.39, 0.29) is 11.9 Å². The number of nitrogens with one attached hydrogen (secondary N) is 1. The van der Waals surface area contributed by atoms with Crippen LogP contribution in [0.4, 0.5) is 4.39 Å². The van der Waals surface area contributed by atoms with Gasteiger partial charge in [-0.05, 0) is 31.0 Å². The third-order valence-electron chi connectivity index (χ3n) is 2.70. The molecular formula is C13H19FN2O. The molecule has 1 aromatic rings. The van der Waals surface area contributed by atoms with E-state index in [1.807, 2.05) is 6.92 Å². The highest BCUT2D eigenvalue weighted by Crippen LogP contribution is 2.10. The Hall–Kier alpha value is -1.42. The van der Waals surface area contributed by atoms with Crippen molar-refractivity contribution in [2.45, 2.75) is 32.7 Å². The van der Waals surface area contributed by atoms with E-state index in [2.05, 4.69) is 5.32 Å². The molecule has 94 valence electrons. The maximum Gasteiger partial charge on any atom is 0.251 e. The van der Waals surface area contributed by atoms with Crippen LogP contribution in [0.25, 0.3) is 0 Å². The van der Waals surface area contributed by atoms with Gasteiger partial charge in [0.1, 0.15) is 5.82 Å². The minimum absolute atomic E-state index is 0.0461. The second kappa shape index (κ2) is 6.35. The standard InChI is InChI=1S/C13H19FN2O/c1-3-4-11(8-15)16-13(17)12-7-10(14)6-5-9(12)2/h5-7,11H,3-4,8,15H2,1-2H3,(H,16,17). The number of hydrogen-bond acceptors (Lipinski definition) is 2. The Kier molecular flexibility index (Phi) is 5.10. The van der Waals surface area contributed by atoms with Crippen molar-refractivity contribution in [2.24, 2.45) is 5.73 Å². The van der Waals surface area contributed by atoms with Crippen LogP contribution in [0.1, 0.15) is 35.7 Å². The zero-order valence-electron chi connectivity index (χ0n) is 10.3. The Balaban J connectivity index is 2.78. The first-order chi connectivity index (χ1) is 8.08. The molecule has 0 heterocycles. The van der Waals surface area contributed by atoms with Gasteiger partial charge >= 0.3 is 0 Å². The molecular weight excluding hydrogens is 219 g/mol. The second-order valence-electron chi connectivity index (χ2n) is 4.15. The first kappa shape index (κ1) is 13.6. The highest BCUT2D eigenvalue weighted by molar-refractivity contribution is 5.95. The minimum atomic E-state index is -0.402. The average molecular weight is 238 g/mol. The number of carbonyl (C=O) groups excluding carboxylic acids is 1. The molecule has 3 N–H and O–H groups in total. The van der Waals surface area contributed by atoms with Gasteiger partial charge < -0.3 is 11.1 Å². The number of rotatable bonds is 5. The lowest BCUT2D eigenvalue weighted by Gasteiger charge is -2.16. The summed E-state index contributed by atoms with van der Waals surface area (Å²) in [5, 5.41) is 2.82. The molecule has 0 aliphatic heterocycles. The molecule has 0 spiro atoms. The van der Waals surface area contributed by atoms with Crippen molar-refractivity contribution in [1.82, 2.24) is 5.32 Å². The highest BCUT2D eigenvalue weighted by atomic mass is 19.1. The molecule has 0 bridgehead atoms. The SMILES string of the molecule is CCCC(CN)NC(=O)c1cc(F)ccc1C. The van der Waals surface area contributed by atoms with Crippen LogP contribution < -0.4 is 11.1 Å².